The van der Waals surface area contributed by atoms with Gasteiger partial charge in [-0.1, -0.05) is 31.4 Å². The van der Waals surface area contributed by atoms with E-state index in [1.807, 2.05) is 16.8 Å². The first-order valence-electron chi connectivity index (χ1n) is 9.85. The zero-order valence-electron chi connectivity index (χ0n) is 15.6. The molecule has 1 saturated carbocycles. The molecule has 0 bridgehead atoms. The van der Waals surface area contributed by atoms with Gasteiger partial charge in [0.15, 0.2) is 0 Å². The van der Waals surface area contributed by atoms with Gasteiger partial charge in [-0.15, -0.1) is 0 Å². The van der Waals surface area contributed by atoms with Crippen molar-refractivity contribution in [1.29, 1.82) is 0 Å². The second kappa shape index (κ2) is 8.65. The Kier molecular flexibility index (Phi) is 6.28. The number of benzene rings is 1. The number of nitrogens with zero attached hydrogens (tertiary/aromatic N) is 2. The highest BCUT2D eigenvalue weighted by Gasteiger charge is 2.39. The summed E-state index contributed by atoms with van der Waals surface area (Å²) in [5.74, 6) is -0.210. The number of hydrogen-bond acceptors (Lipinski definition) is 2. The Morgan fingerprint density at radius 1 is 1.12 bits per heavy atom. The van der Waals surface area contributed by atoms with Crippen LogP contribution in [0.5, 0.6) is 0 Å². The van der Waals surface area contributed by atoms with Gasteiger partial charge in [-0.25, -0.2) is 4.39 Å². The molecule has 1 saturated heterocycles. The summed E-state index contributed by atoms with van der Waals surface area (Å²) < 4.78 is 13.5. The van der Waals surface area contributed by atoms with Gasteiger partial charge in [-0.05, 0) is 43.4 Å². The SMILES string of the molecule is CN1CCCCCCN(C(=O)Cc2cccc(F)c2)C2CCCC2C1=O. The lowest BCUT2D eigenvalue weighted by molar-refractivity contribution is -0.140. The fraction of sp³-hybridized carbons (Fsp3) is 0.619. The van der Waals surface area contributed by atoms with Gasteiger partial charge < -0.3 is 9.80 Å². The fourth-order valence-electron chi connectivity index (χ4n) is 4.38. The van der Waals surface area contributed by atoms with Gasteiger partial charge in [0.2, 0.25) is 11.8 Å². The molecule has 2 fully saturated rings. The number of fused-ring (bicyclic) bond motifs is 1. The van der Waals surface area contributed by atoms with Gasteiger partial charge in [0.1, 0.15) is 5.82 Å². The molecule has 2 unspecified atom stereocenters. The Labute approximate surface area is 155 Å². The molecular weight excluding hydrogens is 331 g/mol. The molecular formula is C21H29FN2O2. The van der Waals surface area contributed by atoms with Crippen LogP contribution in [0.15, 0.2) is 24.3 Å². The van der Waals surface area contributed by atoms with Crippen LogP contribution in [-0.4, -0.2) is 47.8 Å². The maximum Gasteiger partial charge on any atom is 0.227 e. The summed E-state index contributed by atoms with van der Waals surface area (Å²) in [5, 5.41) is 0. The third kappa shape index (κ3) is 4.43. The van der Waals surface area contributed by atoms with Crippen molar-refractivity contribution < 1.29 is 14.0 Å². The van der Waals surface area contributed by atoms with E-state index in [-0.39, 0.29) is 36.0 Å². The lowest BCUT2D eigenvalue weighted by atomic mass is 9.99. The van der Waals surface area contributed by atoms with E-state index in [4.69, 9.17) is 0 Å². The first-order chi connectivity index (χ1) is 12.6. The van der Waals surface area contributed by atoms with Gasteiger partial charge in [0.05, 0.1) is 12.3 Å². The number of rotatable bonds is 2. The third-order valence-corrected chi connectivity index (χ3v) is 5.78. The van der Waals surface area contributed by atoms with Crippen molar-refractivity contribution in [3.05, 3.63) is 35.6 Å². The number of amides is 2. The zero-order chi connectivity index (χ0) is 18.5. The molecule has 26 heavy (non-hydrogen) atoms. The van der Waals surface area contributed by atoms with Gasteiger partial charge in [-0.2, -0.15) is 0 Å². The second-order valence-corrected chi connectivity index (χ2v) is 7.67. The minimum absolute atomic E-state index is 0.0101. The van der Waals surface area contributed by atoms with Crippen molar-refractivity contribution in [1.82, 2.24) is 9.80 Å². The Balaban J connectivity index is 1.79. The number of halogens is 1. The summed E-state index contributed by atoms with van der Waals surface area (Å²) in [6.45, 7) is 1.51. The lowest BCUT2D eigenvalue weighted by Crippen LogP contribution is -2.48. The van der Waals surface area contributed by atoms with E-state index in [1.165, 1.54) is 12.1 Å². The van der Waals surface area contributed by atoms with Crippen LogP contribution in [0.4, 0.5) is 4.39 Å². The normalized spacial score (nSPS) is 24.9. The lowest BCUT2D eigenvalue weighted by Gasteiger charge is -2.34. The molecule has 2 atom stereocenters. The van der Waals surface area contributed by atoms with Crippen LogP contribution < -0.4 is 0 Å². The Hall–Kier alpha value is -1.91. The summed E-state index contributed by atoms with van der Waals surface area (Å²) in [7, 11) is 1.88. The molecule has 5 heteroatoms. The largest absolute Gasteiger partial charge is 0.345 e. The smallest absolute Gasteiger partial charge is 0.227 e. The van der Waals surface area contributed by atoms with Gasteiger partial charge >= 0.3 is 0 Å². The molecule has 1 aliphatic heterocycles. The van der Waals surface area contributed by atoms with Crippen LogP contribution in [0.25, 0.3) is 0 Å². The second-order valence-electron chi connectivity index (χ2n) is 7.67. The van der Waals surface area contributed by atoms with E-state index in [2.05, 4.69) is 0 Å². The first-order valence-corrected chi connectivity index (χ1v) is 9.85. The van der Waals surface area contributed by atoms with Crippen molar-refractivity contribution >= 4 is 11.8 Å². The predicted molar refractivity (Wildman–Crippen MR) is 99.1 cm³/mol. The van der Waals surface area contributed by atoms with E-state index in [0.717, 1.165) is 51.5 Å². The first kappa shape index (κ1) is 18.9. The molecule has 0 radical (unpaired) electrons. The number of carbonyl (C=O) groups is 2. The summed E-state index contributed by atoms with van der Waals surface area (Å²) in [4.78, 5) is 29.7. The topological polar surface area (TPSA) is 40.6 Å². The van der Waals surface area contributed by atoms with Crippen LogP contribution in [0.2, 0.25) is 0 Å². The third-order valence-electron chi connectivity index (χ3n) is 5.78. The molecule has 0 spiro atoms. The average molecular weight is 360 g/mol. The minimum Gasteiger partial charge on any atom is -0.345 e. The molecule has 4 nitrogen and oxygen atoms in total. The molecule has 3 rings (SSSR count). The summed E-state index contributed by atoms with van der Waals surface area (Å²) in [6.07, 6.45) is 7.08. The molecule has 1 aromatic carbocycles. The molecule has 2 aliphatic rings. The van der Waals surface area contributed by atoms with Crippen molar-refractivity contribution in [2.45, 2.75) is 57.4 Å². The summed E-state index contributed by atoms with van der Waals surface area (Å²) >= 11 is 0. The highest BCUT2D eigenvalue weighted by molar-refractivity contribution is 5.83. The van der Waals surface area contributed by atoms with Crippen LogP contribution in [-0.2, 0) is 16.0 Å². The highest BCUT2D eigenvalue weighted by Crippen LogP contribution is 2.32. The highest BCUT2D eigenvalue weighted by atomic mass is 19.1. The van der Waals surface area contributed by atoms with Gasteiger partial charge in [-0.3, -0.25) is 9.59 Å². The molecule has 1 aliphatic carbocycles. The maximum absolute atomic E-state index is 13.5. The molecule has 0 N–H and O–H groups in total. The van der Waals surface area contributed by atoms with Crippen LogP contribution in [0.3, 0.4) is 0 Å². The number of carbonyl (C=O) groups excluding carboxylic acids is 2. The Bertz CT molecular complexity index is 649. The molecule has 142 valence electrons. The van der Waals surface area contributed by atoms with Crippen molar-refractivity contribution in [2.24, 2.45) is 5.92 Å². The van der Waals surface area contributed by atoms with E-state index in [0.29, 0.717) is 12.1 Å². The maximum atomic E-state index is 13.5. The van der Waals surface area contributed by atoms with Gasteiger partial charge in [0.25, 0.3) is 0 Å². The quantitative estimate of drug-likeness (QED) is 0.811. The molecule has 1 heterocycles. The Morgan fingerprint density at radius 3 is 2.65 bits per heavy atom. The summed E-state index contributed by atoms with van der Waals surface area (Å²) in [5.41, 5.74) is 0.697. The van der Waals surface area contributed by atoms with Gasteiger partial charge in [0, 0.05) is 26.2 Å². The fourth-order valence-corrected chi connectivity index (χ4v) is 4.38. The standard InChI is InChI=1S/C21H29FN2O2/c1-23-12-4-2-3-5-13-24(19-11-7-10-18(19)21(23)26)20(25)15-16-8-6-9-17(22)14-16/h6,8-9,14,18-19H,2-5,7,10-13,15H2,1H3. The molecule has 1 aromatic rings. The van der Waals surface area contributed by atoms with Crippen LogP contribution >= 0.6 is 0 Å². The Morgan fingerprint density at radius 2 is 1.88 bits per heavy atom. The number of hydrogen-bond donors (Lipinski definition) is 0. The van der Waals surface area contributed by atoms with E-state index >= 15 is 0 Å². The van der Waals surface area contributed by atoms with E-state index in [1.54, 1.807) is 12.1 Å². The van der Waals surface area contributed by atoms with E-state index < -0.39 is 0 Å². The minimum atomic E-state index is -0.316. The van der Waals surface area contributed by atoms with Crippen molar-refractivity contribution in [2.75, 3.05) is 20.1 Å². The van der Waals surface area contributed by atoms with Crippen LogP contribution in [0, 0.1) is 11.7 Å². The zero-order valence-corrected chi connectivity index (χ0v) is 15.6. The molecule has 2 amide bonds. The molecule has 0 aromatic heterocycles. The van der Waals surface area contributed by atoms with Crippen molar-refractivity contribution in [3.63, 3.8) is 0 Å². The van der Waals surface area contributed by atoms with Crippen molar-refractivity contribution in [3.8, 4) is 0 Å². The monoisotopic (exact) mass is 360 g/mol. The average Bonchev–Trinajstić information content (AvgIpc) is 3.08. The van der Waals surface area contributed by atoms with Crippen LogP contribution in [0.1, 0.15) is 50.5 Å². The predicted octanol–water partition coefficient (Wildman–Crippen LogP) is 3.40. The summed E-state index contributed by atoms with van der Waals surface area (Å²) in [6, 6.07) is 6.24. The van der Waals surface area contributed by atoms with E-state index in [9.17, 15) is 14.0 Å².